The van der Waals surface area contributed by atoms with Crippen LogP contribution in [-0.4, -0.2) is 37.1 Å². The van der Waals surface area contributed by atoms with E-state index in [0.717, 1.165) is 58.2 Å². The third-order valence-electron chi connectivity index (χ3n) is 4.81. The van der Waals surface area contributed by atoms with E-state index in [1.54, 1.807) is 0 Å². The average Bonchev–Trinajstić information content (AvgIpc) is 2.92. The Balaban J connectivity index is 1.65. The molecule has 5 heteroatoms. The largest absolute Gasteiger partial charge is 0.370 e. The molecule has 2 rings (SSSR count). The second kappa shape index (κ2) is 10.5. The molecule has 3 nitrogen and oxygen atoms in total. The van der Waals surface area contributed by atoms with Gasteiger partial charge in [0.05, 0.1) is 25.4 Å². The highest BCUT2D eigenvalue weighted by atomic mass is 127. The molecule has 4 atom stereocenters. The van der Waals surface area contributed by atoms with Crippen LogP contribution >= 0.6 is 34.2 Å². The Morgan fingerprint density at radius 3 is 2.67 bits per heavy atom. The summed E-state index contributed by atoms with van der Waals surface area (Å²) < 4.78 is 18.6. The molecule has 0 spiro atoms. The number of alkyl halides is 1. The zero-order valence-electron chi connectivity index (χ0n) is 14.6. The van der Waals surface area contributed by atoms with Gasteiger partial charge in [-0.3, -0.25) is 0 Å². The van der Waals surface area contributed by atoms with Gasteiger partial charge in [-0.25, -0.2) is 0 Å². The van der Waals surface area contributed by atoms with Crippen molar-refractivity contribution in [2.75, 3.05) is 13.2 Å². The van der Waals surface area contributed by atoms with Gasteiger partial charge in [-0.05, 0) is 76.2 Å². The molecule has 2 fully saturated rings. The Morgan fingerprint density at radius 2 is 2.00 bits per heavy atom. The molecule has 0 radical (unpaired) electrons. The number of allylic oxidation sites excluding steroid dienone is 1. The van der Waals surface area contributed by atoms with Crippen LogP contribution in [0.1, 0.15) is 51.9 Å². The number of hydrogen-bond acceptors (Lipinski definition) is 3. The van der Waals surface area contributed by atoms with Crippen molar-refractivity contribution >= 4 is 34.2 Å². The summed E-state index contributed by atoms with van der Waals surface area (Å²) in [5, 5.41) is 0.172. The van der Waals surface area contributed by atoms with Gasteiger partial charge in [0.15, 0.2) is 6.29 Å². The Hall–Kier alpha value is 0.380. The Bertz CT molecular complexity index is 423. The molecule has 24 heavy (non-hydrogen) atoms. The molecule has 0 N–H and O–H groups in total. The standard InChI is InChI=1S/C19H30ClIO3/c1-13(15(3)21)11-16(20)5-7-18-14(2)12-17(24-18)6-8-19-22-9-4-10-23-19/h13,16-19H,2-12H2,1H3/t13?,16-,17-,18-/m0/s1. The lowest BCUT2D eigenvalue weighted by Crippen LogP contribution is -2.26. The summed E-state index contributed by atoms with van der Waals surface area (Å²) in [5.74, 6) is 0.462. The first-order valence-corrected chi connectivity index (χ1v) is 10.5. The lowest BCUT2D eigenvalue weighted by Gasteiger charge is -2.24. The molecule has 0 amide bonds. The van der Waals surface area contributed by atoms with E-state index in [9.17, 15) is 0 Å². The third-order valence-corrected chi connectivity index (χ3v) is 6.27. The van der Waals surface area contributed by atoms with Crippen LogP contribution in [0.4, 0.5) is 0 Å². The van der Waals surface area contributed by atoms with Crippen LogP contribution < -0.4 is 0 Å². The SMILES string of the molecule is C=C(I)C(C)C[C@@H](Cl)CC[C@@H]1O[C@@H](CCC2OCCCO2)CC1=C. The number of halogens is 2. The van der Waals surface area contributed by atoms with Crippen molar-refractivity contribution in [2.24, 2.45) is 5.92 Å². The molecule has 138 valence electrons. The van der Waals surface area contributed by atoms with Crippen molar-refractivity contribution in [1.29, 1.82) is 0 Å². The Morgan fingerprint density at radius 1 is 1.29 bits per heavy atom. The second-order valence-electron chi connectivity index (χ2n) is 6.97. The highest BCUT2D eigenvalue weighted by Gasteiger charge is 2.30. The van der Waals surface area contributed by atoms with Crippen LogP contribution in [0, 0.1) is 5.92 Å². The van der Waals surface area contributed by atoms with Gasteiger partial charge >= 0.3 is 0 Å². The maximum absolute atomic E-state index is 6.48. The molecule has 2 aliphatic heterocycles. The van der Waals surface area contributed by atoms with Gasteiger partial charge in [0.1, 0.15) is 0 Å². The van der Waals surface area contributed by atoms with Crippen LogP contribution in [0.5, 0.6) is 0 Å². The van der Waals surface area contributed by atoms with Crippen LogP contribution in [0.25, 0.3) is 0 Å². The summed E-state index contributed by atoms with van der Waals surface area (Å²) in [6.07, 6.45) is 7.06. The quantitative estimate of drug-likeness (QED) is 0.250. The molecule has 0 saturated carbocycles. The summed E-state index contributed by atoms with van der Waals surface area (Å²) in [5.41, 5.74) is 1.21. The van der Waals surface area contributed by atoms with E-state index in [1.165, 1.54) is 9.15 Å². The lowest BCUT2D eigenvalue weighted by molar-refractivity contribution is -0.184. The van der Waals surface area contributed by atoms with Crippen molar-refractivity contribution in [1.82, 2.24) is 0 Å². The number of hydrogen-bond donors (Lipinski definition) is 0. The van der Waals surface area contributed by atoms with E-state index in [-0.39, 0.29) is 23.9 Å². The van der Waals surface area contributed by atoms with E-state index in [2.05, 4.69) is 42.7 Å². The summed E-state index contributed by atoms with van der Waals surface area (Å²) >= 11 is 8.77. The van der Waals surface area contributed by atoms with E-state index < -0.39 is 0 Å². The molecule has 0 aromatic heterocycles. The van der Waals surface area contributed by atoms with Crippen LogP contribution in [-0.2, 0) is 14.2 Å². The fourth-order valence-corrected chi connectivity index (χ4v) is 3.88. The molecule has 1 unspecified atom stereocenters. The first-order chi connectivity index (χ1) is 11.5. The van der Waals surface area contributed by atoms with Crippen molar-refractivity contribution in [3.8, 4) is 0 Å². The summed E-state index contributed by atoms with van der Waals surface area (Å²) in [4.78, 5) is 0. The van der Waals surface area contributed by atoms with E-state index in [1.807, 2.05) is 0 Å². The van der Waals surface area contributed by atoms with Gasteiger partial charge in [0.25, 0.3) is 0 Å². The maximum Gasteiger partial charge on any atom is 0.157 e. The van der Waals surface area contributed by atoms with Gasteiger partial charge in [-0.2, -0.15) is 0 Å². The van der Waals surface area contributed by atoms with Crippen molar-refractivity contribution in [3.05, 3.63) is 22.3 Å². The van der Waals surface area contributed by atoms with Crippen LogP contribution in [0.2, 0.25) is 0 Å². The first-order valence-electron chi connectivity index (χ1n) is 9.00. The van der Waals surface area contributed by atoms with E-state index in [0.29, 0.717) is 5.92 Å². The third kappa shape index (κ3) is 6.94. The Labute approximate surface area is 165 Å². The maximum atomic E-state index is 6.48. The monoisotopic (exact) mass is 468 g/mol. The second-order valence-corrected chi connectivity index (χ2v) is 8.97. The molecule has 0 aromatic rings. The minimum absolute atomic E-state index is 0.0512. The zero-order valence-corrected chi connectivity index (χ0v) is 17.6. The van der Waals surface area contributed by atoms with E-state index >= 15 is 0 Å². The topological polar surface area (TPSA) is 27.7 Å². The molecule has 0 bridgehead atoms. The van der Waals surface area contributed by atoms with Gasteiger partial charge < -0.3 is 14.2 Å². The van der Waals surface area contributed by atoms with E-state index in [4.69, 9.17) is 25.8 Å². The lowest BCUT2D eigenvalue weighted by atomic mass is 9.99. The minimum atomic E-state index is -0.0512. The molecule has 0 aliphatic carbocycles. The zero-order chi connectivity index (χ0) is 17.5. The highest BCUT2D eigenvalue weighted by Crippen LogP contribution is 2.32. The molecule has 2 aliphatic rings. The molecule has 2 heterocycles. The van der Waals surface area contributed by atoms with Crippen molar-refractivity contribution < 1.29 is 14.2 Å². The smallest absolute Gasteiger partial charge is 0.157 e. The fraction of sp³-hybridized carbons (Fsp3) is 0.789. The van der Waals surface area contributed by atoms with Crippen LogP contribution in [0.15, 0.2) is 22.3 Å². The fourth-order valence-electron chi connectivity index (χ4n) is 3.23. The average molecular weight is 469 g/mol. The Kier molecular flexibility index (Phi) is 9.06. The summed E-state index contributed by atoms with van der Waals surface area (Å²) in [7, 11) is 0. The first kappa shape index (κ1) is 20.7. The highest BCUT2D eigenvalue weighted by molar-refractivity contribution is 14.1. The normalized spacial score (nSPS) is 28.0. The van der Waals surface area contributed by atoms with Crippen molar-refractivity contribution in [3.63, 3.8) is 0 Å². The molecule has 0 aromatic carbocycles. The summed E-state index contributed by atoms with van der Waals surface area (Å²) in [6.45, 7) is 12.0. The predicted molar refractivity (Wildman–Crippen MR) is 108 cm³/mol. The van der Waals surface area contributed by atoms with Gasteiger partial charge in [0, 0.05) is 11.8 Å². The minimum Gasteiger partial charge on any atom is -0.370 e. The van der Waals surface area contributed by atoms with Gasteiger partial charge in [0.2, 0.25) is 0 Å². The number of rotatable bonds is 9. The predicted octanol–water partition coefficient (Wildman–Crippen LogP) is 5.61. The van der Waals surface area contributed by atoms with Crippen molar-refractivity contribution in [2.45, 2.75) is 75.7 Å². The molecular formula is C19H30ClIO3. The van der Waals surface area contributed by atoms with Crippen LogP contribution in [0.3, 0.4) is 0 Å². The van der Waals surface area contributed by atoms with Gasteiger partial charge in [-0.15, -0.1) is 11.6 Å². The number of ether oxygens (including phenoxy) is 3. The summed E-state index contributed by atoms with van der Waals surface area (Å²) in [6, 6.07) is 0. The molecule has 2 saturated heterocycles. The molecular weight excluding hydrogens is 439 g/mol. The van der Waals surface area contributed by atoms with Gasteiger partial charge in [-0.1, -0.05) is 20.1 Å².